The highest BCUT2D eigenvalue weighted by Crippen LogP contribution is 2.45. The second-order valence-electron chi connectivity index (χ2n) is 8.08. The van der Waals surface area contributed by atoms with Crippen molar-refractivity contribution in [3.8, 4) is 0 Å². The summed E-state index contributed by atoms with van der Waals surface area (Å²) in [6, 6.07) is 7.41. The largest absolute Gasteiger partial charge is 0.347 e. The number of amides is 2. The van der Waals surface area contributed by atoms with E-state index in [0.29, 0.717) is 18.1 Å². The Bertz CT molecular complexity index is 1140. The van der Waals surface area contributed by atoms with E-state index in [9.17, 15) is 9.59 Å². The Morgan fingerprint density at radius 2 is 1.90 bits per heavy atom. The van der Waals surface area contributed by atoms with E-state index in [1.165, 1.54) is 6.33 Å². The Labute approximate surface area is 180 Å². The Hall–Kier alpha value is -3.68. The van der Waals surface area contributed by atoms with Crippen molar-refractivity contribution in [3.63, 3.8) is 0 Å². The van der Waals surface area contributed by atoms with Crippen LogP contribution in [0.15, 0.2) is 43.0 Å². The number of aromatic nitrogens is 4. The molecule has 0 fully saturated rings. The van der Waals surface area contributed by atoms with E-state index >= 15 is 0 Å². The first-order valence-corrected chi connectivity index (χ1v) is 10.1. The molecule has 0 bridgehead atoms. The minimum atomic E-state index is -0.820. The lowest BCUT2D eigenvalue weighted by molar-refractivity contribution is -0.120. The van der Waals surface area contributed by atoms with Gasteiger partial charge < -0.3 is 10.6 Å². The molecular weight excluding hydrogens is 392 g/mol. The molecule has 2 amide bonds. The Kier molecular flexibility index (Phi) is 5.22. The number of carbonyl (C=O) groups excluding carboxylic acids is 2. The maximum absolute atomic E-state index is 12.7. The van der Waals surface area contributed by atoms with Gasteiger partial charge in [-0.1, -0.05) is 13.0 Å². The number of hydrogen-bond acceptors (Lipinski definition) is 6. The summed E-state index contributed by atoms with van der Waals surface area (Å²) < 4.78 is 0. The zero-order chi connectivity index (χ0) is 22.2. The van der Waals surface area contributed by atoms with E-state index in [2.05, 4.69) is 30.6 Å². The number of rotatable bonds is 5. The molecule has 1 aliphatic heterocycles. The van der Waals surface area contributed by atoms with Crippen molar-refractivity contribution in [2.45, 2.75) is 45.6 Å². The summed E-state index contributed by atoms with van der Waals surface area (Å²) in [4.78, 5) is 42.2. The molecule has 1 aliphatic rings. The zero-order valence-corrected chi connectivity index (χ0v) is 17.9. The first-order valence-electron chi connectivity index (χ1n) is 10.1. The van der Waals surface area contributed by atoms with Crippen molar-refractivity contribution in [3.05, 3.63) is 76.8 Å². The van der Waals surface area contributed by atoms with Crippen molar-refractivity contribution in [1.82, 2.24) is 25.3 Å². The molecule has 4 rings (SSSR count). The molecule has 1 unspecified atom stereocenters. The summed E-state index contributed by atoms with van der Waals surface area (Å²) in [7, 11) is 0. The monoisotopic (exact) mass is 416 g/mol. The van der Waals surface area contributed by atoms with Gasteiger partial charge in [0.2, 0.25) is 5.91 Å². The highest BCUT2D eigenvalue weighted by atomic mass is 16.2. The number of anilines is 1. The number of pyridine rings is 2. The van der Waals surface area contributed by atoms with Crippen molar-refractivity contribution in [1.29, 1.82) is 0 Å². The number of nitrogens with zero attached hydrogens (tertiary/aromatic N) is 4. The third-order valence-electron chi connectivity index (χ3n) is 5.95. The topological polar surface area (TPSA) is 110 Å². The molecule has 0 saturated carbocycles. The first-order chi connectivity index (χ1) is 14.8. The Balaban J connectivity index is 1.49. The molecule has 8 nitrogen and oxygen atoms in total. The van der Waals surface area contributed by atoms with Crippen LogP contribution in [0.25, 0.3) is 0 Å². The minimum absolute atomic E-state index is 0.125. The van der Waals surface area contributed by atoms with Crippen LogP contribution in [0.1, 0.15) is 58.3 Å². The second kappa shape index (κ2) is 7.86. The van der Waals surface area contributed by atoms with Gasteiger partial charge >= 0.3 is 0 Å². The molecule has 2 N–H and O–H groups in total. The van der Waals surface area contributed by atoms with Crippen molar-refractivity contribution >= 4 is 17.6 Å². The zero-order valence-electron chi connectivity index (χ0n) is 17.9. The van der Waals surface area contributed by atoms with Crippen LogP contribution in [0.2, 0.25) is 0 Å². The first kappa shape index (κ1) is 20.6. The lowest BCUT2D eigenvalue weighted by Gasteiger charge is -2.29. The van der Waals surface area contributed by atoms with Gasteiger partial charge in [0.25, 0.3) is 5.91 Å². The van der Waals surface area contributed by atoms with Crippen LogP contribution in [0, 0.1) is 13.8 Å². The van der Waals surface area contributed by atoms with Crippen LogP contribution >= 0.6 is 0 Å². The molecule has 3 aromatic rings. The van der Waals surface area contributed by atoms with Crippen molar-refractivity contribution in [2.75, 3.05) is 5.32 Å². The average Bonchev–Trinajstić information content (AvgIpc) is 3.02. The van der Waals surface area contributed by atoms with Gasteiger partial charge in [0.1, 0.15) is 17.8 Å². The van der Waals surface area contributed by atoms with Gasteiger partial charge in [-0.15, -0.1) is 0 Å². The minimum Gasteiger partial charge on any atom is -0.347 e. The second-order valence-corrected chi connectivity index (χ2v) is 8.08. The number of carbonyl (C=O) groups is 2. The molecule has 2 atom stereocenters. The SMILES string of the molecule is Cc1cc(CNC(=O)c2ccc(C(C)[C@@]3(C)C(=O)Nc4ncncc43)cn2)cc(C)n1. The summed E-state index contributed by atoms with van der Waals surface area (Å²) in [6.07, 6.45) is 4.74. The van der Waals surface area contributed by atoms with Gasteiger partial charge in [-0.25, -0.2) is 9.97 Å². The van der Waals surface area contributed by atoms with Gasteiger partial charge in [0.05, 0.1) is 5.41 Å². The summed E-state index contributed by atoms with van der Waals surface area (Å²) in [5.74, 6) is -0.0258. The van der Waals surface area contributed by atoms with E-state index in [4.69, 9.17) is 0 Å². The maximum atomic E-state index is 12.7. The molecule has 0 spiro atoms. The summed E-state index contributed by atoms with van der Waals surface area (Å²) in [5.41, 5.74) is 3.93. The van der Waals surface area contributed by atoms with Crippen LogP contribution in [0.4, 0.5) is 5.82 Å². The number of fused-ring (bicyclic) bond motifs is 1. The van der Waals surface area contributed by atoms with Gasteiger partial charge in [0.15, 0.2) is 0 Å². The molecule has 8 heteroatoms. The fourth-order valence-corrected chi connectivity index (χ4v) is 4.02. The predicted molar refractivity (Wildman–Crippen MR) is 116 cm³/mol. The third kappa shape index (κ3) is 3.76. The fraction of sp³-hybridized carbons (Fsp3) is 0.304. The predicted octanol–water partition coefficient (Wildman–Crippen LogP) is 2.83. The summed E-state index contributed by atoms with van der Waals surface area (Å²) in [5, 5.41) is 5.72. The number of nitrogens with one attached hydrogen (secondary N) is 2. The lowest BCUT2D eigenvalue weighted by Crippen LogP contribution is -2.36. The van der Waals surface area contributed by atoms with E-state index in [0.717, 1.165) is 28.1 Å². The van der Waals surface area contributed by atoms with Crippen LogP contribution in [-0.2, 0) is 16.8 Å². The molecule has 0 aliphatic carbocycles. The summed E-state index contributed by atoms with van der Waals surface area (Å²) >= 11 is 0. The molecule has 0 radical (unpaired) electrons. The smallest absolute Gasteiger partial charge is 0.270 e. The van der Waals surface area contributed by atoms with E-state index in [1.54, 1.807) is 18.5 Å². The quantitative estimate of drug-likeness (QED) is 0.662. The molecule has 4 heterocycles. The molecular formula is C23H24N6O2. The third-order valence-corrected chi connectivity index (χ3v) is 5.95. The van der Waals surface area contributed by atoms with Crippen LogP contribution in [0.3, 0.4) is 0 Å². The van der Waals surface area contributed by atoms with Crippen molar-refractivity contribution in [2.24, 2.45) is 0 Å². The number of hydrogen-bond donors (Lipinski definition) is 2. The fourth-order valence-electron chi connectivity index (χ4n) is 4.02. The van der Waals surface area contributed by atoms with E-state index in [-0.39, 0.29) is 17.7 Å². The Morgan fingerprint density at radius 1 is 1.16 bits per heavy atom. The standard InChI is InChI=1S/C23H24N6O2/c1-13-7-16(8-14(2)28-13)9-26-21(30)19-6-5-17(10-25-19)15(3)23(4)18-11-24-12-27-20(18)29-22(23)31/h5-8,10-12,15H,9H2,1-4H3,(H,26,30)(H,24,27,29,31)/t15?,23-/m1/s1. The number of aryl methyl sites for hydroxylation is 2. The maximum Gasteiger partial charge on any atom is 0.270 e. The highest BCUT2D eigenvalue weighted by molar-refractivity contribution is 6.05. The van der Waals surface area contributed by atoms with E-state index < -0.39 is 5.41 Å². The molecule has 0 aromatic carbocycles. The van der Waals surface area contributed by atoms with E-state index in [1.807, 2.05) is 45.9 Å². The highest BCUT2D eigenvalue weighted by Gasteiger charge is 2.48. The normalized spacial score (nSPS) is 18.3. The van der Waals surface area contributed by atoms with Gasteiger partial charge in [-0.05, 0) is 50.1 Å². The molecule has 0 saturated heterocycles. The van der Waals surface area contributed by atoms with Crippen molar-refractivity contribution < 1.29 is 9.59 Å². The van der Waals surface area contributed by atoms with Crippen LogP contribution < -0.4 is 10.6 Å². The van der Waals surface area contributed by atoms with Gasteiger partial charge in [-0.3, -0.25) is 19.6 Å². The lowest BCUT2D eigenvalue weighted by atomic mass is 9.71. The Morgan fingerprint density at radius 3 is 2.58 bits per heavy atom. The summed E-state index contributed by atoms with van der Waals surface area (Å²) in [6.45, 7) is 8.09. The molecule has 3 aromatic heterocycles. The molecule has 158 valence electrons. The van der Waals surface area contributed by atoms with Gasteiger partial charge in [-0.2, -0.15) is 0 Å². The van der Waals surface area contributed by atoms with Gasteiger partial charge in [0, 0.05) is 41.8 Å². The average molecular weight is 416 g/mol. The molecule has 31 heavy (non-hydrogen) atoms. The van der Waals surface area contributed by atoms with Crippen LogP contribution in [-0.4, -0.2) is 31.8 Å². The van der Waals surface area contributed by atoms with Crippen LogP contribution in [0.5, 0.6) is 0 Å².